The smallest absolute Gasteiger partial charge is 0.410 e. The van der Waals surface area contributed by atoms with Gasteiger partial charge in [0.05, 0.1) is 5.75 Å². The maximum Gasteiger partial charge on any atom is 0.410 e. The van der Waals surface area contributed by atoms with Gasteiger partial charge in [0.1, 0.15) is 10.8 Å². The van der Waals surface area contributed by atoms with Gasteiger partial charge in [-0.3, -0.25) is 4.21 Å². The molecule has 0 spiro atoms. The Kier molecular flexibility index (Phi) is 6.03. The summed E-state index contributed by atoms with van der Waals surface area (Å²) in [4.78, 5) is 17.7. The Balaban J connectivity index is 1.83. The summed E-state index contributed by atoms with van der Waals surface area (Å²) < 4.78 is 17.8. The molecule has 5 nitrogen and oxygen atoms in total. The predicted molar refractivity (Wildman–Crippen MR) is 91.9 cm³/mol. The van der Waals surface area contributed by atoms with Crippen molar-refractivity contribution in [3.05, 3.63) is 29.0 Å². The molecule has 1 saturated heterocycles. The van der Waals surface area contributed by atoms with E-state index < -0.39 is 16.4 Å². The summed E-state index contributed by atoms with van der Waals surface area (Å²) in [5.41, 5.74) is 0.431. The summed E-state index contributed by atoms with van der Waals surface area (Å²) >= 11 is 5.75. The third-order valence-electron chi connectivity index (χ3n) is 3.56. The fraction of sp³-hybridized carbons (Fsp3) is 0.625. The largest absolute Gasteiger partial charge is 0.444 e. The number of pyridine rings is 1. The summed E-state index contributed by atoms with van der Waals surface area (Å²) in [6.45, 7) is 6.74. The second-order valence-corrected chi connectivity index (χ2v) is 8.79. The van der Waals surface area contributed by atoms with Crippen LogP contribution in [-0.2, 0) is 21.3 Å². The molecule has 0 N–H and O–H groups in total. The molecule has 1 aromatic rings. The van der Waals surface area contributed by atoms with Gasteiger partial charge >= 0.3 is 6.09 Å². The number of rotatable bonds is 3. The Morgan fingerprint density at radius 2 is 2.04 bits per heavy atom. The molecular formula is C16H23ClN2O3S. The first-order valence-corrected chi connectivity index (χ1v) is 9.46. The van der Waals surface area contributed by atoms with Crippen LogP contribution in [0.2, 0.25) is 5.15 Å². The first-order chi connectivity index (χ1) is 10.7. The van der Waals surface area contributed by atoms with Crippen LogP contribution in [0.1, 0.15) is 39.2 Å². The van der Waals surface area contributed by atoms with E-state index in [4.69, 9.17) is 16.3 Å². The van der Waals surface area contributed by atoms with Crippen LogP contribution in [0.5, 0.6) is 0 Å². The molecule has 1 aliphatic heterocycles. The van der Waals surface area contributed by atoms with E-state index in [1.807, 2.05) is 26.8 Å². The Bertz CT molecular complexity index is 564. The monoisotopic (exact) mass is 358 g/mol. The fourth-order valence-corrected chi connectivity index (χ4v) is 3.99. The number of nitrogens with zero attached hydrogens (tertiary/aromatic N) is 2. The molecule has 7 heteroatoms. The molecule has 0 unspecified atom stereocenters. The summed E-state index contributed by atoms with van der Waals surface area (Å²) in [6.07, 6.45) is 2.83. The number of hydrogen-bond acceptors (Lipinski definition) is 4. The van der Waals surface area contributed by atoms with Crippen molar-refractivity contribution in [3.8, 4) is 0 Å². The molecule has 23 heavy (non-hydrogen) atoms. The van der Waals surface area contributed by atoms with Crippen molar-refractivity contribution >= 4 is 28.5 Å². The highest BCUT2D eigenvalue weighted by molar-refractivity contribution is 7.84. The molecule has 0 aliphatic carbocycles. The van der Waals surface area contributed by atoms with E-state index in [9.17, 15) is 9.00 Å². The molecule has 1 atom stereocenters. The third-order valence-corrected chi connectivity index (χ3v) is 5.62. The summed E-state index contributed by atoms with van der Waals surface area (Å²) in [7, 11) is -0.973. The van der Waals surface area contributed by atoms with E-state index in [0.29, 0.717) is 24.0 Å². The molecular weight excluding hydrogens is 336 g/mol. The second-order valence-electron chi connectivity index (χ2n) is 6.68. The highest BCUT2D eigenvalue weighted by Gasteiger charge is 2.29. The Morgan fingerprint density at radius 3 is 2.57 bits per heavy atom. The maximum absolute atomic E-state index is 12.5. The topological polar surface area (TPSA) is 59.5 Å². The van der Waals surface area contributed by atoms with Crippen LogP contribution < -0.4 is 0 Å². The summed E-state index contributed by atoms with van der Waals surface area (Å²) in [6, 6.07) is 3.56. The van der Waals surface area contributed by atoms with Gasteiger partial charge in [0.25, 0.3) is 0 Å². The lowest BCUT2D eigenvalue weighted by molar-refractivity contribution is 0.0218. The zero-order chi connectivity index (χ0) is 17.0. The van der Waals surface area contributed by atoms with Crippen LogP contribution in [0.25, 0.3) is 0 Å². The fourth-order valence-electron chi connectivity index (χ4n) is 2.40. The van der Waals surface area contributed by atoms with Gasteiger partial charge in [0, 0.05) is 35.3 Å². The van der Waals surface area contributed by atoms with Gasteiger partial charge in [-0.2, -0.15) is 0 Å². The SMILES string of the molecule is CC(C)(C)OC(=O)N1CCC([S@](=O)Cc2ccc(Cl)nc2)CC1. The lowest BCUT2D eigenvalue weighted by atomic mass is 10.1. The number of halogens is 1. The molecule has 0 radical (unpaired) electrons. The minimum absolute atomic E-state index is 0.101. The first-order valence-electron chi connectivity index (χ1n) is 7.70. The standard InChI is InChI=1S/C16H23ClN2O3S/c1-16(2,3)22-15(20)19-8-6-13(7-9-19)23(21)11-12-4-5-14(17)18-10-12/h4-5,10,13H,6-9,11H2,1-3H3/t23-/m1/s1. The zero-order valence-electron chi connectivity index (χ0n) is 13.8. The van der Waals surface area contributed by atoms with E-state index >= 15 is 0 Å². The van der Waals surface area contributed by atoms with Crippen molar-refractivity contribution < 1.29 is 13.7 Å². The van der Waals surface area contributed by atoms with Crippen LogP contribution in [0, 0.1) is 0 Å². The maximum atomic E-state index is 12.5. The van der Waals surface area contributed by atoms with Crippen molar-refractivity contribution in [1.82, 2.24) is 9.88 Å². The van der Waals surface area contributed by atoms with E-state index in [-0.39, 0.29) is 11.3 Å². The summed E-state index contributed by atoms with van der Waals surface area (Å²) in [5, 5.41) is 0.537. The highest BCUT2D eigenvalue weighted by atomic mass is 35.5. The van der Waals surface area contributed by atoms with Gasteiger partial charge in [-0.05, 0) is 45.2 Å². The average Bonchev–Trinajstić information content (AvgIpc) is 2.48. The normalized spacial score (nSPS) is 17.8. The number of likely N-dealkylation sites (tertiary alicyclic amines) is 1. The van der Waals surface area contributed by atoms with Crippen LogP contribution in [-0.4, -0.2) is 44.1 Å². The van der Waals surface area contributed by atoms with E-state index in [1.54, 1.807) is 17.2 Å². The number of aromatic nitrogens is 1. The molecule has 1 aliphatic rings. The van der Waals surface area contributed by atoms with Crippen LogP contribution in [0.4, 0.5) is 4.79 Å². The van der Waals surface area contributed by atoms with Crippen LogP contribution >= 0.6 is 11.6 Å². The molecule has 128 valence electrons. The lowest BCUT2D eigenvalue weighted by Gasteiger charge is -2.33. The first kappa shape index (κ1) is 18.2. The molecule has 0 saturated carbocycles. The van der Waals surface area contributed by atoms with Gasteiger partial charge in [-0.25, -0.2) is 9.78 Å². The van der Waals surface area contributed by atoms with Gasteiger partial charge in [0.2, 0.25) is 0 Å². The van der Waals surface area contributed by atoms with Crippen molar-refractivity contribution in [2.75, 3.05) is 13.1 Å². The number of carbonyl (C=O) groups is 1. The Labute approximate surface area is 144 Å². The average molecular weight is 359 g/mol. The molecule has 2 heterocycles. The third kappa shape index (κ3) is 5.77. The molecule has 0 bridgehead atoms. The van der Waals surface area contributed by atoms with E-state index in [0.717, 1.165) is 18.4 Å². The number of piperidine rings is 1. The minimum Gasteiger partial charge on any atom is -0.444 e. The lowest BCUT2D eigenvalue weighted by Crippen LogP contribution is -2.43. The molecule has 2 rings (SSSR count). The zero-order valence-corrected chi connectivity index (χ0v) is 15.3. The quantitative estimate of drug-likeness (QED) is 0.777. The Morgan fingerprint density at radius 1 is 1.39 bits per heavy atom. The number of carbonyl (C=O) groups excluding carboxylic acids is 1. The van der Waals surface area contributed by atoms with Gasteiger partial charge in [0.15, 0.2) is 0 Å². The van der Waals surface area contributed by atoms with Crippen LogP contribution in [0.3, 0.4) is 0 Å². The van der Waals surface area contributed by atoms with Crippen LogP contribution in [0.15, 0.2) is 18.3 Å². The van der Waals surface area contributed by atoms with E-state index in [1.165, 1.54) is 0 Å². The molecule has 1 amide bonds. The van der Waals surface area contributed by atoms with E-state index in [2.05, 4.69) is 4.98 Å². The minimum atomic E-state index is -0.973. The van der Waals surface area contributed by atoms with Gasteiger partial charge in [-0.1, -0.05) is 17.7 Å². The summed E-state index contributed by atoms with van der Waals surface area (Å²) in [5.74, 6) is 0.473. The van der Waals surface area contributed by atoms with Crippen molar-refractivity contribution in [1.29, 1.82) is 0 Å². The molecule has 0 aromatic carbocycles. The second kappa shape index (κ2) is 7.62. The van der Waals surface area contributed by atoms with Gasteiger partial charge < -0.3 is 9.64 Å². The predicted octanol–water partition coefficient (Wildman–Crippen LogP) is 3.38. The number of amides is 1. The van der Waals surface area contributed by atoms with Crippen molar-refractivity contribution in [2.45, 2.75) is 50.2 Å². The van der Waals surface area contributed by atoms with Crippen molar-refractivity contribution in [2.24, 2.45) is 0 Å². The Hall–Kier alpha value is -1.14. The van der Waals surface area contributed by atoms with Crippen molar-refractivity contribution in [3.63, 3.8) is 0 Å². The highest BCUT2D eigenvalue weighted by Crippen LogP contribution is 2.20. The molecule has 1 fully saturated rings. The van der Waals surface area contributed by atoms with Gasteiger partial charge in [-0.15, -0.1) is 0 Å². The number of ether oxygens (including phenoxy) is 1. The number of hydrogen-bond donors (Lipinski definition) is 0. The molecule has 1 aromatic heterocycles.